The maximum atomic E-state index is 12.8. The third-order valence-electron chi connectivity index (χ3n) is 5.05. The summed E-state index contributed by atoms with van der Waals surface area (Å²) in [6.45, 7) is 5.46. The monoisotopic (exact) mass is 237 g/mol. The Labute approximate surface area is 106 Å². The molecule has 2 rings (SSSR count). The summed E-state index contributed by atoms with van der Waals surface area (Å²) in [5.74, 6) is 1.68. The normalized spacial score (nSPS) is 38.2. The van der Waals surface area contributed by atoms with Gasteiger partial charge < -0.3 is 5.32 Å². The SMILES string of the molecule is CCC1CCCC(C(=O)C2(CC)CCCN2)C1. The lowest BCUT2D eigenvalue weighted by Crippen LogP contribution is -2.50. The van der Waals surface area contributed by atoms with Crippen LogP contribution >= 0.6 is 0 Å². The summed E-state index contributed by atoms with van der Waals surface area (Å²) >= 11 is 0. The fourth-order valence-electron chi connectivity index (χ4n) is 3.78. The van der Waals surface area contributed by atoms with Gasteiger partial charge in [-0.2, -0.15) is 0 Å². The van der Waals surface area contributed by atoms with Gasteiger partial charge in [0.2, 0.25) is 0 Å². The molecule has 1 aliphatic carbocycles. The van der Waals surface area contributed by atoms with Gasteiger partial charge in [-0.15, -0.1) is 0 Å². The lowest BCUT2D eigenvalue weighted by atomic mass is 9.72. The van der Waals surface area contributed by atoms with Crippen LogP contribution in [0.3, 0.4) is 0 Å². The van der Waals surface area contributed by atoms with E-state index in [1.165, 1.54) is 25.7 Å². The van der Waals surface area contributed by atoms with E-state index in [0.717, 1.165) is 38.1 Å². The minimum Gasteiger partial charge on any atom is -0.305 e. The van der Waals surface area contributed by atoms with Crippen molar-refractivity contribution in [2.45, 2.75) is 70.8 Å². The van der Waals surface area contributed by atoms with Crippen molar-refractivity contribution in [3.05, 3.63) is 0 Å². The first-order valence-electron chi connectivity index (χ1n) is 7.51. The summed E-state index contributed by atoms with van der Waals surface area (Å²) < 4.78 is 0. The van der Waals surface area contributed by atoms with Crippen molar-refractivity contribution < 1.29 is 4.79 Å². The molecular formula is C15H27NO. The minimum atomic E-state index is -0.152. The molecule has 0 aromatic carbocycles. The van der Waals surface area contributed by atoms with Gasteiger partial charge in [0.15, 0.2) is 5.78 Å². The number of rotatable bonds is 4. The van der Waals surface area contributed by atoms with Crippen molar-refractivity contribution in [2.75, 3.05) is 6.54 Å². The van der Waals surface area contributed by atoms with E-state index in [9.17, 15) is 4.79 Å². The number of Topliss-reactive ketones (excluding diaryl/α,β-unsaturated/α-hetero) is 1. The summed E-state index contributed by atoms with van der Waals surface area (Å²) in [5.41, 5.74) is -0.152. The van der Waals surface area contributed by atoms with Crippen molar-refractivity contribution in [3.63, 3.8) is 0 Å². The molecule has 0 spiro atoms. The van der Waals surface area contributed by atoms with E-state index in [1.54, 1.807) is 0 Å². The number of hydrogen-bond donors (Lipinski definition) is 1. The van der Waals surface area contributed by atoms with Crippen LogP contribution in [0.25, 0.3) is 0 Å². The van der Waals surface area contributed by atoms with Crippen LogP contribution in [0.4, 0.5) is 0 Å². The van der Waals surface area contributed by atoms with E-state index in [2.05, 4.69) is 19.2 Å². The van der Waals surface area contributed by atoms with Gasteiger partial charge in [-0.25, -0.2) is 0 Å². The average Bonchev–Trinajstić information content (AvgIpc) is 2.88. The van der Waals surface area contributed by atoms with Crippen LogP contribution in [-0.2, 0) is 4.79 Å². The van der Waals surface area contributed by atoms with Crippen LogP contribution in [0.2, 0.25) is 0 Å². The second-order valence-electron chi connectivity index (χ2n) is 5.97. The van der Waals surface area contributed by atoms with E-state index in [4.69, 9.17) is 0 Å². The standard InChI is InChI=1S/C15H27NO/c1-3-12-7-5-8-13(11-12)14(17)15(4-2)9-6-10-16-15/h12-13,16H,3-11H2,1-2H3. The van der Waals surface area contributed by atoms with E-state index >= 15 is 0 Å². The highest BCUT2D eigenvalue weighted by Crippen LogP contribution is 2.36. The molecule has 2 heteroatoms. The molecule has 1 saturated carbocycles. The summed E-state index contributed by atoms with van der Waals surface area (Å²) in [5, 5.41) is 3.50. The Morgan fingerprint density at radius 2 is 2.12 bits per heavy atom. The first-order valence-corrected chi connectivity index (χ1v) is 7.51. The lowest BCUT2D eigenvalue weighted by Gasteiger charge is -2.35. The molecule has 0 aromatic rings. The Balaban J connectivity index is 2.03. The molecule has 0 bridgehead atoms. The smallest absolute Gasteiger partial charge is 0.155 e. The van der Waals surface area contributed by atoms with Crippen molar-refractivity contribution in [1.82, 2.24) is 5.32 Å². The number of hydrogen-bond acceptors (Lipinski definition) is 2. The quantitative estimate of drug-likeness (QED) is 0.813. The van der Waals surface area contributed by atoms with Gasteiger partial charge >= 0.3 is 0 Å². The highest BCUT2D eigenvalue weighted by molar-refractivity contribution is 5.90. The second-order valence-corrected chi connectivity index (χ2v) is 5.97. The van der Waals surface area contributed by atoms with Gasteiger partial charge in [-0.3, -0.25) is 4.79 Å². The van der Waals surface area contributed by atoms with Gasteiger partial charge in [0.25, 0.3) is 0 Å². The Kier molecular flexibility index (Phi) is 4.24. The Bertz CT molecular complexity index is 268. The second kappa shape index (κ2) is 5.51. The van der Waals surface area contributed by atoms with E-state index in [-0.39, 0.29) is 5.54 Å². The van der Waals surface area contributed by atoms with Crippen molar-refractivity contribution >= 4 is 5.78 Å². The molecular weight excluding hydrogens is 210 g/mol. The molecule has 3 atom stereocenters. The Morgan fingerprint density at radius 3 is 2.71 bits per heavy atom. The molecule has 1 N–H and O–H groups in total. The largest absolute Gasteiger partial charge is 0.305 e. The summed E-state index contributed by atoms with van der Waals surface area (Å²) in [4.78, 5) is 12.8. The molecule has 1 aliphatic heterocycles. The molecule has 0 aromatic heterocycles. The minimum absolute atomic E-state index is 0.152. The van der Waals surface area contributed by atoms with Crippen LogP contribution in [-0.4, -0.2) is 17.9 Å². The number of nitrogens with one attached hydrogen (secondary N) is 1. The predicted molar refractivity (Wildman–Crippen MR) is 71.0 cm³/mol. The molecule has 2 fully saturated rings. The zero-order valence-corrected chi connectivity index (χ0v) is 11.4. The third kappa shape index (κ3) is 2.57. The van der Waals surface area contributed by atoms with E-state index in [1.807, 2.05) is 0 Å². The summed E-state index contributed by atoms with van der Waals surface area (Å²) in [7, 11) is 0. The van der Waals surface area contributed by atoms with E-state index < -0.39 is 0 Å². The van der Waals surface area contributed by atoms with Crippen LogP contribution in [0.5, 0.6) is 0 Å². The first kappa shape index (κ1) is 13.1. The van der Waals surface area contributed by atoms with Gasteiger partial charge in [0.05, 0.1) is 5.54 Å². The third-order valence-corrected chi connectivity index (χ3v) is 5.05. The maximum absolute atomic E-state index is 12.8. The topological polar surface area (TPSA) is 29.1 Å². The summed E-state index contributed by atoms with van der Waals surface area (Å²) in [6, 6.07) is 0. The fourth-order valence-corrected chi connectivity index (χ4v) is 3.78. The average molecular weight is 237 g/mol. The van der Waals surface area contributed by atoms with Crippen LogP contribution in [0.15, 0.2) is 0 Å². The van der Waals surface area contributed by atoms with Gasteiger partial charge in [-0.1, -0.05) is 33.1 Å². The Hall–Kier alpha value is -0.370. The molecule has 98 valence electrons. The van der Waals surface area contributed by atoms with Gasteiger partial charge in [-0.05, 0) is 44.6 Å². The van der Waals surface area contributed by atoms with Crippen molar-refractivity contribution in [3.8, 4) is 0 Å². The molecule has 2 nitrogen and oxygen atoms in total. The molecule has 3 unspecified atom stereocenters. The highest BCUT2D eigenvalue weighted by Gasteiger charge is 2.43. The zero-order valence-electron chi connectivity index (χ0n) is 11.4. The highest BCUT2D eigenvalue weighted by atomic mass is 16.1. The number of carbonyl (C=O) groups excluding carboxylic acids is 1. The lowest BCUT2D eigenvalue weighted by molar-refractivity contribution is -0.130. The number of carbonyl (C=O) groups is 1. The number of ketones is 1. The van der Waals surface area contributed by atoms with E-state index in [0.29, 0.717) is 11.7 Å². The van der Waals surface area contributed by atoms with Gasteiger partial charge in [0, 0.05) is 5.92 Å². The van der Waals surface area contributed by atoms with Gasteiger partial charge in [0.1, 0.15) is 0 Å². The molecule has 1 saturated heterocycles. The fraction of sp³-hybridized carbons (Fsp3) is 0.933. The van der Waals surface area contributed by atoms with Crippen LogP contribution < -0.4 is 5.32 Å². The van der Waals surface area contributed by atoms with Crippen molar-refractivity contribution in [1.29, 1.82) is 0 Å². The Morgan fingerprint density at radius 1 is 1.29 bits per heavy atom. The summed E-state index contributed by atoms with van der Waals surface area (Å²) in [6.07, 6.45) is 9.34. The molecule has 2 aliphatic rings. The predicted octanol–water partition coefficient (Wildman–Crippen LogP) is 3.30. The molecule has 1 heterocycles. The molecule has 0 radical (unpaired) electrons. The van der Waals surface area contributed by atoms with Crippen LogP contribution in [0, 0.1) is 11.8 Å². The molecule has 17 heavy (non-hydrogen) atoms. The zero-order chi connectivity index (χ0) is 12.3. The molecule has 0 amide bonds. The maximum Gasteiger partial charge on any atom is 0.155 e. The first-order chi connectivity index (χ1) is 8.22. The van der Waals surface area contributed by atoms with Crippen molar-refractivity contribution in [2.24, 2.45) is 11.8 Å². The van der Waals surface area contributed by atoms with Crippen LogP contribution in [0.1, 0.15) is 65.2 Å².